The first kappa shape index (κ1) is 16.4. The number of sulfonamides is 1. The van der Waals surface area contributed by atoms with Crippen molar-refractivity contribution in [3.05, 3.63) is 59.5 Å². The molecule has 0 saturated carbocycles. The lowest BCUT2D eigenvalue weighted by molar-refractivity contribution is 0.0664. The maximum Gasteiger partial charge on any atom is 0.261 e. The largest absolute Gasteiger partial charge is 0.469 e. The topological polar surface area (TPSA) is 96.7 Å². The molecule has 1 aromatic carbocycles. The van der Waals surface area contributed by atoms with Gasteiger partial charge in [-0.1, -0.05) is 12.1 Å². The molecule has 1 aliphatic rings. The molecule has 24 heavy (non-hydrogen) atoms. The normalized spacial score (nSPS) is 14.2. The standard InChI is InChI=1S/C16H16N2O5S/c19-15-13-5-1-2-6-14(13)16(20)18(15)9-11-24(21,22)17-8-7-12-4-3-10-23-12/h1-6,10,17H,7-9,11H2. The number of furan rings is 1. The lowest BCUT2D eigenvalue weighted by Gasteiger charge is -2.14. The second kappa shape index (κ2) is 6.58. The summed E-state index contributed by atoms with van der Waals surface area (Å²) >= 11 is 0. The highest BCUT2D eigenvalue weighted by Gasteiger charge is 2.35. The van der Waals surface area contributed by atoms with Gasteiger partial charge in [0.1, 0.15) is 5.76 Å². The summed E-state index contributed by atoms with van der Waals surface area (Å²) in [6.07, 6.45) is 1.95. The van der Waals surface area contributed by atoms with Crippen molar-refractivity contribution in [2.24, 2.45) is 0 Å². The van der Waals surface area contributed by atoms with E-state index in [2.05, 4.69) is 4.72 Å². The van der Waals surface area contributed by atoms with Crippen molar-refractivity contribution in [1.29, 1.82) is 0 Å². The summed E-state index contributed by atoms with van der Waals surface area (Å²) < 4.78 is 31.6. The molecule has 1 aromatic heterocycles. The zero-order valence-electron chi connectivity index (χ0n) is 12.8. The molecule has 0 aliphatic carbocycles. The van der Waals surface area contributed by atoms with E-state index >= 15 is 0 Å². The molecule has 0 atom stereocenters. The van der Waals surface area contributed by atoms with Crippen LogP contribution in [0.25, 0.3) is 0 Å². The molecule has 0 unspecified atom stereocenters. The molecule has 1 aliphatic heterocycles. The third-order valence-corrected chi connectivity index (χ3v) is 5.10. The van der Waals surface area contributed by atoms with Gasteiger partial charge in [-0.15, -0.1) is 0 Å². The van der Waals surface area contributed by atoms with Crippen LogP contribution in [-0.2, 0) is 16.4 Å². The Labute approximate surface area is 139 Å². The number of hydrogen-bond acceptors (Lipinski definition) is 5. The molecule has 3 rings (SSSR count). The highest BCUT2D eigenvalue weighted by Crippen LogP contribution is 2.22. The molecule has 2 amide bonds. The average molecular weight is 348 g/mol. The zero-order chi connectivity index (χ0) is 17.2. The Morgan fingerprint density at radius 2 is 1.67 bits per heavy atom. The number of nitrogens with one attached hydrogen (secondary N) is 1. The molecule has 0 fully saturated rings. The van der Waals surface area contributed by atoms with Gasteiger partial charge >= 0.3 is 0 Å². The fraction of sp³-hybridized carbons (Fsp3) is 0.250. The van der Waals surface area contributed by atoms with Gasteiger partial charge in [0, 0.05) is 19.5 Å². The van der Waals surface area contributed by atoms with Crippen molar-refractivity contribution in [2.45, 2.75) is 6.42 Å². The maximum atomic E-state index is 12.2. The smallest absolute Gasteiger partial charge is 0.261 e. The number of hydrogen-bond donors (Lipinski definition) is 1. The molecule has 126 valence electrons. The summed E-state index contributed by atoms with van der Waals surface area (Å²) in [5, 5.41) is 0. The Morgan fingerprint density at radius 3 is 2.25 bits per heavy atom. The second-order valence-corrected chi connectivity index (χ2v) is 7.28. The highest BCUT2D eigenvalue weighted by atomic mass is 32.2. The third kappa shape index (κ3) is 3.39. The van der Waals surface area contributed by atoms with Crippen molar-refractivity contribution in [3.8, 4) is 0 Å². The van der Waals surface area contributed by atoms with E-state index in [4.69, 9.17) is 4.42 Å². The van der Waals surface area contributed by atoms with Gasteiger partial charge in [-0.25, -0.2) is 13.1 Å². The molecule has 1 N–H and O–H groups in total. The van der Waals surface area contributed by atoms with Crippen LogP contribution in [-0.4, -0.2) is 44.0 Å². The van der Waals surface area contributed by atoms with E-state index in [0.29, 0.717) is 23.3 Å². The van der Waals surface area contributed by atoms with Gasteiger partial charge in [0.15, 0.2) is 0 Å². The van der Waals surface area contributed by atoms with Crippen molar-refractivity contribution in [1.82, 2.24) is 9.62 Å². The van der Waals surface area contributed by atoms with Crippen LogP contribution in [0.2, 0.25) is 0 Å². The quantitative estimate of drug-likeness (QED) is 0.754. The maximum absolute atomic E-state index is 12.2. The van der Waals surface area contributed by atoms with E-state index in [0.717, 1.165) is 4.90 Å². The Hall–Kier alpha value is -2.45. The van der Waals surface area contributed by atoms with Crippen molar-refractivity contribution in [2.75, 3.05) is 18.8 Å². The van der Waals surface area contributed by atoms with E-state index in [1.807, 2.05) is 0 Å². The van der Waals surface area contributed by atoms with Crippen LogP contribution in [0, 0.1) is 0 Å². The lowest BCUT2D eigenvalue weighted by Crippen LogP contribution is -2.38. The Bertz CT molecular complexity index is 823. The zero-order valence-corrected chi connectivity index (χ0v) is 13.6. The van der Waals surface area contributed by atoms with Crippen LogP contribution in [0.5, 0.6) is 0 Å². The van der Waals surface area contributed by atoms with Crippen LogP contribution in [0.1, 0.15) is 26.5 Å². The number of imide groups is 1. The fourth-order valence-electron chi connectivity index (χ4n) is 2.51. The molecule has 0 spiro atoms. The Balaban J connectivity index is 1.55. The van der Waals surface area contributed by atoms with Gasteiger partial charge < -0.3 is 4.42 Å². The van der Waals surface area contributed by atoms with Gasteiger partial charge in [-0.2, -0.15) is 0 Å². The molecule has 2 heterocycles. The summed E-state index contributed by atoms with van der Waals surface area (Å²) in [6, 6.07) is 9.94. The van der Waals surface area contributed by atoms with E-state index in [1.54, 1.807) is 36.4 Å². The van der Waals surface area contributed by atoms with E-state index in [-0.39, 0.29) is 18.8 Å². The first-order valence-electron chi connectivity index (χ1n) is 7.43. The Morgan fingerprint density at radius 1 is 1.00 bits per heavy atom. The molecule has 2 aromatic rings. The summed E-state index contributed by atoms with van der Waals surface area (Å²) in [6.45, 7) is 0.0143. The molecular formula is C16H16N2O5S. The lowest BCUT2D eigenvalue weighted by atomic mass is 10.1. The molecule has 7 nitrogen and oxygen atoms in total. The number of amides is 2. The van der Waals surface area contributed by atoms with Gasteiger partial charge in [0.2, 0.25) is 10.0 Å². The summed E-state index contributed by atoms with van der Waals surface area (Å²) in [4.78, 5) is 25.3. The average Bonchev–Trinajstić information content (AvgIpc) is 3.15. The van der Waals surface area contributed by atoms with Crippen LogP contribution < -0.4 is 4.72 Å². The van der Waals surface area contributed by atoms with Crippen LogP contribution >= 0.6 is 0 Å². The molecule has 0 saturated heterocycles. The van der Waals surface area contributed by atoms with Crippen molar-refractivity contribution < 1.29 is 22.4 Å². The highest BCUT2D eigenvalue weighted by molar-refractivity contribution is 7.89. The number of carbonyl (C=O) groups excluding carboxylic acids is 2. The molecular weight excluding hydrogens is 332 g/mol. The third-order valence-electron chi connectivity index (χ3n) is 3.74. The number of benzene rings is 1. The number of fused-ring (bicyclic) bond motifs is 1. The van der Waals surface area contributed by atoms with Crippen LogP contribution in [0.4, 0.5) is 0 Å². The van der Waals surface area contributed by atoms with Gasteiger partial charge in [0.25, 0.3) is 11.8 Å². The number of nitrogens with zero attached hydrogens (tertiary/aromatic N) is 1. The van der Waals surface area contributed by atoms with Gasteiger partial charge in [0.05, 0.1) is 23.1 Å². The Kier molecular flexibility index (Phi) is 4.50. The first-order valence-corrected chi connectivity index (χ1v) is 9.08. The number of rotatable bonds is 7. The monoisotopic (exact) mass is 348 g/mol. The van der Waals surface area contributed by atoms with E-state index in [9.17, 15) is 18.0 Å². The first-order chi connectivity index (χ1) is 11.5. The predicted octanol–water partition coefficient (Wildman–Crippen LogP) is 1.04. The van der Waals surface area contributed by atoms with E-state index in [1.165, 1.54) is 6.26 Å². The SMILES string of the molecule is O=C1c2ccccc2C(=O)N1CCS(=O)(=O)NCCc1ccco1. The fourth-order valence-corrected chi connectivity index (χ4v) is 3.49. The minimum atomic E-state index is -3.59. The predicted molar refractivity (Wildman–Crippen MR) is 86.0 cm³/mol. The van der Waals surface area contributed by atoms with Crippen molar-refractivity contribution >= 4 is 21.8 Å². The van der Waals surface area contributed by atoms with Gasteiger partial charge in [-0.3, -0.25) is 14.5 Å². The minimum Gasteiger partial charge on any atom is -0.469 e. The van der Waals surface area contributed by atoms with Crippen LogP contribution in [0.3, 0.4) is 0 Å². The summed E-state index contributed by atoms with van der Waals surface area (Å²) in [5.74, 6) is -0.572. The molecule has 0 radical (unpaired) electrons. The second-order valence-electron chi connectivity index (χ2n) is 5.35. The van der Waals surface area contributed by atoms with Crippen molar-refractivity contribution in [3.63, 3.8) is 0 Å². The summed E-state index contributed by atoms with van der Waals surface area (Å²) in [7, 11) is -3.59. The molecule has 8 heteroatoms. The minimum absolute atomic E-state index is 0.178. The molecule has 0 bridgehead atoms. The number of carbonyl (C=O) groups is 2. The summed E-state index contributed by atoms with van der Waals surface area (Å²) in [5.41, 5.74) is 0.622. The van der Waals surface area contributed by atoms with Crippen LogP contribution in [0.15, 0.2) is 47.1 Å². The van der Waals surface area contributed by atoms with E-state index < -0.39 is 21.8 Å². The van der Waals surface area contributed by atoms with Gasteiger partial charge in [-0.05, 0) is 24.3 Å².